The Labute approximate surface area is 111 Å². The van der Waals surface area contributed by atoms with E-state index in [0.717, 1.165) is 29.3 Å². The van der Waals surface area contributed by atoms with Crippen LogP contribution in [-0.4, -0.2) is 5.11 Å². The van der Waals surface area contributed by atoms with Crippen molar-refractivity contribution in [2.75, 3.05) is 0 Å². The molecular formula is C16H16F2O. The molecule has 1 nitrogen and oxygen atoms in total. The molecular weight excluding hydrogens is 246 g/mol. The first-order valence-electron chi connectivity index (χ1n) is 6.16. The predicted octanol–water partition coefficient (Wildman–Crippen LogP) is 3.86. The zero-order valence-electron chi connectivity index (χ0n) is 11.0. The van der Waals surface area contributed by atoms with Gasteiger partial charge in [0.05, 0.1) is 6.10 Å². The van der Waals surface area contributed by atoms with Gasteiger partial charge in [-0.3, -0.25) is 0 Å². The van der Waals surface area contributed by atoms with Crippen molar-refractivity contribution < 1.29 is 13.9 Å². The fourth-order valence-electron chi connectivity index (χ4n) is 2.04. The van der Waals surface area contributed by atoms with E-state index in [1.165, 1.54) is 5.56 Å². The number of aryl methyl sites for hydroxylation is 2. The largest absolute Gasteiger partial charge is 0.388 e. The van der Waals surface area contributed by atoms with E-state index in [1.807, 2.05) is 32.0 Å². The Balaban J connectivity index is 2.20. The molecule has 2 aromatic carbocycles. The van der Waals surface area contributed by atoms with Gasteiger partial charge in [-0.2, -0.15) is 0 Å². The lowest BCUT2D eigenvalue weighted by molar-refractivity contribution is 0.177. The Bertz CT molecular complexity index is 573. The molecule has 19 heavy (non-hydrogen) atoms. The molecule has 0 saturated heterocycles. The highest BCUT2D eigenvalue weighted by atomic mass is 19.1. The summed E-state index contributed by atoms with van der Waals surface area (Å²) >= 11 is 0. The van der Waals surface area contributed by atoms with E-state index >= 15 is 0 Å². The van der Waals surface area contributed by atoms with Gasteiger partial charge in [0, 0.05) is 12.5 Å². The molecule has 0 aliphatic rings. The Morgan fingerprint density at radius 2 is 1.58 bits per heavy atom. The van der Waals surface area contributed by atoms with Crippen molar-refractivity contribution in [2.45, 2.75) is 26.4 Å². The van der Waals surface area contributed by atoms with Crippen LogP contribution in [0.4, 0.5) is 8.78 Å². The molecule has 0 heterocycles. The molecule has 0 radical (unpaired) electrons. The Morgan fingerprint density at radius 1 is 0.947 bits per heavy atom. The lowest BCUT2D eigenvalue weighted by atomic mass is 9.98. The Kier molecular flexibility index (Phi) is 3.96. The molecule has 0 fully saturated rings. The molecule has 0 aliphatic carbocycles. The maximum absolute atomic E-state index is 13.1. The first kappa shape index (κ1) is 13.7. The average molecular weight is 262 g/mol. The number of benzene rings is 2. The molecule has 0 aliphatic heterocycles. The maximum Gasteiger partial charge on any atom is 0.126 e. The summed E-state index contributed by atoms with van der Waals surface area (Å²) in [6.07, 6.45) is -0.573. The summed E-state index contributed by atoms with van der Waals surface area (Å²) in [5.74, 6) is -1.34. The van der Waals surface area contributed by atoms with Crippen molar-refractivity contribution in [1.82, 2.24) is 0 Å². The summed E-state index contributed by atoms with van der Waals surface area (Å²) in [4.78, 5) is 0. The van der Waals surface area contributed by atoms with E-state index < -0.39 is 17.7 Å². The summed E-state index contributed by atoms with van der Waals surface area (Å²) in [6, 6.07) is 8.99. The second kappa shape index (κ2) is 5.49. The van der Waals surface area contributed by atoms with E-state index in [9.17, 15) is 13.9 Å². The highest BCUT2D eigenvalue weighted by Crippen LogP contribution is 2.21. The van der Waals surface area contributed by atoms with Crippen LogP contribution in [0.3, 0.4) is 0 Å². The van der Waals surface area contributed by atoms with E-state index in [2.05, 4.69) is 0 Å². The van der Waals surface area contributed by atoms with Gasteiger partial charge in [0.1, 0.15) is 11.6 Å². The highest BCUT2D eigenvalue weighted by Gasteiger charge is 2.11. The molecule has 0 amide bonds. The molecule has 1 unspecified atom stereocenters. The highest BCUT2D eigenvalue weighted by molar-refractivity contribution is 5.31. The fourth-order valence-corrected chi connectivity index (χ4v) is 2.04. The van der Waals surface area contributed by atoms with Gasteiger partial charge >= 0.3 is 0 Å². The number of hydrogen-bond acceptors (Lipinski definition) is 1. The zero-order valence-corrected chi connectivity index (χ0v) is 11.0. The van der Waals surface area contributed by atoms with Crippen molar-refractivity contribution in [3.63, 3.8) is 0 Å². The van der Waals surface area contributed by atoms with Crippen LogP contribution in [0, 0.1) is 25.5 Å². The maximum atomic E-state index is 13.1. The molecule has 0 saturated carbocycles. The van der Waals surface area contributed by atoms with E-state index in [0.29, 0.717) is 6.42 Å². The van der Waals surface area contributed by atoms with E-state index in [1.54, 1.807) is 0 Å². The van der Waals surface area contributed by atoms with E-state index in [4.69, 9.17) is 0 Å². The van der Waals surface area contributed by atoms with Gasteiger partial charge < -0.3 is 5.11 Å². The van der Waals surface area contributed by atoms with Crippen molar-refractivity contribution in [2.24, 2.45) is 0 Å². The number of halogens is 2. The van der Waals surface area contributed by atoms with Crippen LogP contribution >= 0.6 is 0 Å². The van der Waals surface area contributed by atoms with Crippen LogP contribution < -0.4 is 0 Å². The van der Waals surface area contributed by atoms with E-state index in [-0.39, 0.29) is 5.56 Å². The normalized spacial score (nSPS) is 12.5. The quantitative estimate of drug-likeness (QED) is 0.890. The third-order valence-corrected chi connectivity index (χ3v) is 3.27. The second-order valence-corrected chi connectivity index (χ2v) is 4.84. The van der Waals surface area contributed by atoms with Gasteiger partial charge in [-0.05, 0) is 48.2 Å². The van der Waals surface area contributed by atoms with Crippen LogP contribution in [0.25, 0.3) is 0 Å². The van der Waals surface area contributed by atoms with Crippen LogP contribution in [0.2, 0.25) is 0 Å². The van der Waals surface area contributed by atoms with Gasteiger partial charge in [0.2, 0.25) is 0 Å². The molecule has 1 atom stereocenters. The minimum absolute atomic E-state index is 0.260. The van der Waals surface area contributed by atoms with Crippen LogP contribution in [-0.2, 0) is 6.42 Å². The summed E-state index contributed by atoms with van der Waals surface area (Å²) in [6.45, 7) is 4.00. The average Bonchev–Trinajstić information content (AvgIpc) is 2.32. The smallest absolute Gasteiger partial charge is 0.126 e. The second-order valence-electron chi connectivity index (χ2n) is 4.84. The molecule has 100 valence electrons. The summed E-state index contributed by atoms with van der Waals surface area (Å²) in [5.41, 5.74) is 3.51. The van der Waals surface area contributed by atoms with Crippen molar-refractivity contribution in [3.05, 3.63) is 70.3 Å². The van der Waals surface area contributed by atoms with Crippen molar-refractivity contribution in [3.8, 4) is 0 Å². The van der Waals surface area contributed by atoms with Crippen LogP contribution in [0.1, 0.15) is 28.4 Å². The monoisotopic (exact) mass is 262 g/mol. The number of rotatable bonds is 3. The molecule has 3 heteroatoms. The molecule has 0 aromatic heterocycles. The van der Waals surface area contributed by atoms with Crippen molar-refractivity contribution in [1.29, 1.82) is 0 Å². The Morgan fingerprint density at radius 3 is 2.16 bits per heavy atom. The number of aliphatic hydroxyl groups excluding tert-OH is 1. The minimum atomic E-state index is -0.910. The van der Waals surface area contributed by atoms with Crippen LogP contribution in [0.15, 0.2) is 36.4 Å². The number of hydrogen-bond donors (Lipinski definition) is 1. The van der Waals surface area contributed by atoms with Gasteiger partial charge in [-0.15, -0.1) is 0 Å². The van der Waals surface area contributed by atoms with Crippen LogP contribution in [0.5, 0.6) is 0 Å². The topological polar surface area (TPSA) is 20.2 Å². The van der Waals surface area contributed by atoms with Gasteiger partial charge in [-0.25, -0.2) is 8.78 Å². The summed E-state index contributed by atoms with van der Waals surface area (Å²) < 4.78 is 26.2. The third-order valence-electron chi connectivity index (χ3n) is 3.27. The molecule has 0 spiro atoms. The first-order chi connectivity index (χ1) is 8.95. The van der Waals surface area contributed by atoms with Gasteiger partial charge in [-0.1, -0.05) is 18.2 Å². The standard InChI is InChI=1S/C16H16F2O/c1-10-3-4-12(5-11(10)2)6-16(19)13-7-14(17)9-15(18)8-13/h3-5,7-9,16,19H,6H2,1-2H3. The molecule has 0 bridgehead atoms. The zero-order chi connectivity index (χ0) is 14.0. The molecule has 2 rings (SSSR count). The SMILES string of the molecule is Cc1ccc(CC(O)c2cc(F)cc(F)c2)cc1C. The van der Waals surface area contributed by atoms with Gasteiger partial charge in [0.15, 0.2) is 0 Å². The number of aliphatic hydroxyl groups is 1. The minimum Gasteiger partial charge on any atom is -0.388 e. The predicted molar refractivity (Wildman–Crippen MR) is 70.9 cm³/mol. The first-order valence-corrected chi connectivity index (χ1v) is 6.16. The molecule has 2 aromatic rings. The lowest BCUT2D eigenvalue weighted by Gasteiger charge is -2.12. The molecule has 1 N–H and O–H groups in total. The summed E-state index contributed by atoms with van der Waals surface area (Å²) in [7, 11) is 0. The van der Waals surface area contributed by atoms with Crippen molar-refractivity contribution >= 4 is 0 Å². The summed E-state index contributed by atoms with van der Waals surface area (Å²) in [5, 5.41) is 10.0. The third kappa shape index (κ3) is 3.38. The van der Waals surface area contributed by atoms with Gasteiger partial charge in [0.25, 0.3) is 0 Å². The Hall–Kier alpha value is -1.74. The fraction of sp³-hybridized carbons (Fsp3) is 0.250. The lowest BCUT2D eigenvalue weighted by Crippen LogP contribution is -2.03.